The predicted molar refractivity (Wildman–Crippen MR) is 70.3 cm³/mol. The van der Waals surface area contributed by atoms with Crippen molar-refractivity contribution in [1.82, 2.24) is 9.97 Å². The normalized spacial score (nSPS) is 15.9. The molecule has 0 aliphatic heterocycles. The van der Waals surface area contributed by atoms with Crippen molar-refractivity contribution in [3.8, 4) is 5.88 Å². The molecule has 1 fully saturated rings. The van der Waals surface area contributed by atoms with Crippen molar-refractivity contribution in [1.29, 1.82) is 0 Å². The van der Waals surface area contributed by atoms with E-state index in [1.807, 2.05) is 13.8 Å². The van der Waals surface area contributed by atoms with Crippen LogP contribution in [0.15, 0.2) is 6.33 Å². The van der Waals surface area contributed by atoms with Gasteiger partial charge in [0.1, 0.15) is 12.1 Å². The van der Waals surface area contributed by atoms with Crippen LogP contribution in [0.5, 0.6) is 5.88 Å². The highest BCUT2D eigenvalue weighted by atomic mass is 16.5. The van der Waals surface area contributed by atoms with Crippen molar-refractivity contribution < 1.29 is 14.6 Å². The van der Waals surface area contributed by atoms with Gasteiger partial charge in [0, 0.05) is 6.04 Å². The minimum absolute atomic E-state index is 0.0689. The highest BCUT2D eigenvalue weighted by Crippen LogP contribution is 2.36. The van der Waals surface area contributed by atoms with Gasteiger partial charge in [-0.3, -0.25) is 4.79 Å². The largest absolute Gasteiger partial charge is 0.481 e. The van der Waals surface area contributed by atoms with Crippen LogP contribution in [-0.2, 0) is 4.79 Å². The molecular weight excluding hydrogens is 246 g/mol. The number of ether oxygens (including phenoxy) is 1. The Labute approximate surface area is 112 Å². The van der Waals surface area contributed by atoms with E-state index in [2.05, 4.69) is 15.3 Å². The zero-order chi connectivity index (χ0) is 13.8. The molecule has 1 aromatic rings. The summed E-state index contributed by atoms with van der Waals surface area (Å²) < 4.78 is 5.41. The number of carboxylic acid groups (broad SMARTS) is 1. The minimum Gasteiger partial charge on any atom is -0.481 e. The summed E-state index contributed by atoms with van der Waals surface area (Å²) in [5.41, 5.74) is 0.820. The fourth-order valence-electron chi connectivity index (χ4n) is 2.06. The standard InChI is InChI=1S/C13H19N3O3/c1-3-19-13-8(2)12(14-7-15-13)16-10(6-11(17)18)9-4-5-9/h7,9-10H,3-6H2,1-2H3,(H,17,18)(H,14,15,16). The molecule has 2 rings (SSSR count). The summed E-state index contributed by atoms with van der Waals surface area (Å²) in [6.45, 7) is 4.31. The topological polar surface area (TPSA) is 84.3 Å². The Morgan fingerprint density at radius 3 is 2.89 bits per heavy atom. The van der Waals surface area contributed by atoms with Crippen LogP contribution in [0, 0.1) is 12.8 Å². The first kappa shape index (κ1) is 13.6. The summed E-state index contributed by atoms with van der Waals surface area (Å²) in [7, 11) is 0. The Morgan fingerprint density at radius 2 is 2.32 bits per heavy atom. The average Bonchev–Trinajstić information content (AvgIpc) is 3.17. The Hall–Kier alpha value is -1.85. The molecule has 1 unspecified atom stereocenters. The Bertz CT molecular complexity index is 460. The molecule has 104 valence electrons. The van der Waals surface area contributed by atoms with Gasteiger partial charge in [0.15, 0.2) is 0 Å². The fraction of sp³-hybridized carbons (Fsp3) is 0.615. The number of anilines is 1. The molecule has 2 N–H and O–H groups in total. The fourth-order valence-corrected chi connectivity index (χ4v) is 2.06. The highest BCUT2D eigenvalue weighted by molar-refractivity contribution is 5.68. The van der Waals surface area contributed by atoms with Gasteiger partial charge in [-0.15, -0.1) is 0 Å². The maximum absolute atomic E-state index is 10.9. The van der Waals surface area contributed by atoms with Crippen LogP contribution >= 0.6 is 0 Å². The molecule has 1 aliphatic carbocycles. The number of hydrogen-bond acceptors (Lipinski definition) is 5. The number of aromatic nitrogens is 2. The van der Waals surface area contributed by atoms with Crippen molar-refractivity contribution >= 4 is 11.8 Å². The van der Waals surface area contributed by atoms with Gasteiger partial charge in [-0.25, -0.2) is 9.97 Å². The first-order valence-electron chi connectivity index (χ1n) is 6.54. The third-order valence-corrected chi connectivity index (χ3v) is 3.23. The third kappa shape index (κ3) is 3.56. The van der Waals surface area contributed by atoms with E-state index in [0.717, 1.165) is 18.4 Å². The number of rotatable bonds is 7. The second kappa shape index (κ2) is 5.86. The van der Waals surface area contributed by atoms with Gasteiger partial charge in [-0.05, 0) is 32.6 Å². The quantitative estimate of drug-likeness (QED) is 0.782. The van der Waals surface area contributed by atoms with Gasteiger partial charge >= 0.3 is 5.97 Å². The minimum atomic E-state index is -0.791. The number of carboxylic acids is 1. The number of carbonyl (C=O) groups is 1. The van der Waals surface area contributed by atoms with Crippen molar-refractivity contribution in [3.05, 3.63) is 11.9 Å². The zero-order valence-corrected chi connectivity index (χ0v) is 11.2. The zero-order valence-electron chi connectivity index (χ0n) is 11.2. The molecule has 1 atom stereocenters. The molecule has 0 radical (unpaired) electrons. The van der Waals surface area contributed by atoms with Gasteiger partial charge in [0.25, 0.3) is 0 Å². The van der Waals surface area contributed by atoms with Crippen LogP contribution < -0.4 is 10.1 Å². The first-order chi connectivity index (χ1) is 9.11. The monoisotopic (exact) mass is 265 g/mol. The second-order valence-corrected chi connectivity index (χ2v) is 4.77. The highest BCUT2D eigenvalue weighted by Gasteiger charge is 2.33. The van der Waals surface area contributed by atoms with E-state index >= 15 is 0 Å². The number of aliphatic carboxylic acids is 1. The van der Waals surface area contributed by atoms with Gasteiger partial charge in [-0.1, -0.05) is 0 Å². The van der Waals surface area contributed by atoms with Crippen LogP contribution in [0.4, 0.5) is 5.82 Å². The van der Waals surface area contributed by atoms with E-state index in [9.17, 15) is 4.79 Å². The van der Waals surface area contributed by atoms with Crippen molar-refractivity contribution in [2.24, 2.45) is 5.92 Å². The third-order valence-electron chi connectivity index (χ3n) is 3.23. The summed E-state index contributed by atoms with van der Waals surface area (Å²) in [4.78, 5) is 19.1. The Balaban J connectivity index is 2.12. The van der Waals surface area contributed by atoms with Crippen LogP contribution in [0.3, 0.4) is 0 Å². The smallest absolute Gasteiger partial charge is 0.305 e. The van der Waals surface area contributed by atoms with Crippen LogP contribution in [0.2, 0.25) is 0 Å². The van der Waals surface area contributed by atoms with Crippen LogP contribution in [0.1, 0.15) is 31.7 Å². The van der Waals surface area contributed by atoms with E-state index < -0.39 is 5.97 Å². The van der Waals surface area contributed by atoms with Crippen molar-refractivity contribution in [2.45, 2.75) is 39.2 Å². The van der Waals surface area contributed by atoms with E-state index in [1.54, 1.807) is 0 Å². The molecule has 19 heavy (non-hydrogen) atoms. The molecule has 0 spiro atoms. The lowest BCUT2D eigenvalue weighted by molar-refractivity contribution is -0.137. The average molecular weight is 265 g/mol. The van der Waals surface area contributed by atoms with Crippen molar-refractivity contribution in [2.75, 3.05) is 11.9 Å². The van der Waals surface area contributed by atoms with Gasteiger partial charge < -0.3 is 15.2 Å². The lowest BCUT2D eigenvalue weighted by Gasteiger charge is -2.18. The number of nitrogens with zero attached hydrogens (tertiary/aromatic N) is 2. The van der Waals surface area contributed by atoms with Gasteiger partial charge in [0.05, 0.1) is 18.6 Å². The van der Waals surface area contributed by atoms with Crippen molar-refractivity contribution in [3.63, 3.8) is 0 Å². The molecule has 0 amide bonds. The summed E-state index contributed by atoms with van der Waals surface area (Å²) in [5.74, 6) is 0.851. The molecule has 1 heterocycles. The molecule has 1 saturated carbocycles. The first-order valence-corrected chi connectivity index (χ1v) is 6.54. The lowest BCUT2D eigenvalue weighted by Crippen LogP contribution is -2.26. The number of hydrogen-bond donors (Lipinski definition) is 2. The molecule has 0 saturated heterocycles. The molecule has 6 heteroatoms. The Morgan fingerprint density at radius 1 is 1.58 bits per heavy atom. The van der Waals surface area contributed by atoms with Crippen LogP contribution in [0.25, 0.3) is 0 Å². The molecule has 1 aliphatic rings. The maximum atomic E-state index is 10.9. The molecule has 0 aromatic carbocycles. The van der Waals surface area contributed by atoms with E-state index in [4.69, 9.17) is 9.84 Å². The van der Waals surface area contributed by atoms with Crippen LogP contribution in [-0.4, -0.2) is 33.7 Å². The predicted octanol–water partition coefficient (Wildman–Crippen LogP) is 1.85. The maximum Gasteiger partial charge on any atom is 0.305 e. The van der Waals surface area contributed by atoms with Gasteiger partial charge in [0.2, 0.25) is 5.88 Å². The second-order valence-electron chi connectivity index (χ2n) is 4.77. The Kier molecular flexibility index (Phi) is 4.19. The molecule has 0 bridgehead atoms. The van der Waals surface area contributed by atoms with E-state index in [-0.39, 0.29) is 12.5 Å². The summed E-state index contributed by atoms with van der Waals surface area (Å²) in [6, 6.07) is -0.0689. The number of nitrogens with one attached hydrogen (secondary N) is 1. The summed E-state index contributed by atoms with van der Waals surface area (Å²) in [5, 5.41) is 12.2. The SMILES string of the molecule is CCOc1ncnc(NC(CC(=O)O)C2CC2)c1C. The summed E-state index contributed by atoms with van der Waals surface area (Å²) in [6.07, 6.45) is 3.70. The summed E-state index contributed by atoms with van der Waals surface area (Å²) >= 11 is 0. The van der Waals surface area contributed by atoms with E-state index in [0.29, 0.717) is 24.2 Å². The molecule has 1 aromatic heterocycles. The van der Waals surface area contributed by atoms with E-state index in [1.165, 1.54) is 6.33 Å². The van der Waals surface area contributed by atoms with Gasteiger partial charge in [-0.2, -0.15) is 0 Å². The molecular formula is C13H19N3O3. The molecule has 6 nitrogen and oxygen atoms in total. The lowest BCUT2D eigenvalue weighted by atomic mass is 10.1.